The average Bonchev–Trinajstić information content (AvgIpc) is 3.32. The van der Waals surface area contributed by atoms with Crippen molar-refractivity contribution in [2.24, 2.45) is 0 Å². The molecule has 0 unspecified atom stereocenters. The van der Waals surface area contributed by atoms with Crippen molar-refractivity contribution < 1.29 is 19.1 Å². The molecule has 0 radical (unpaired) electrons. The predicted octanol–water partition coefficient (Wildman–Crippen LogP) is 2.09. The third-order valence-electron chi connectivity index (χ3n) is 6.38. The molecule has 0 N–H and O–H groups in total. The minimum Gasteiger partial charge on any atom is -0.497 e. The Morgan fingerprint density at radius 2 is 1.79 bits per heavy atom. The summed E-state index contributed by atoms with van der Waals surface area (Å²) in [5.41, 5.74) is 3.02. The fraction of sp³-hybridized carbons (Fsp3) is 0.360. The molecule has 1 fully saturated rings. The highest BCUT2D eigenvalue weighted by molar-refractivity contribution is 5.93. The normalized spacial score (nSPS) is 17.9. The van der Waals surface area contributed by atoms with Crippen molar-refractivity contribution in [3.05, 3.63) is 77.1 Å². The monoisotopic (exact) mass is 461 g/mol. The van der Waals surface area contributed by atoms with E-state index in [9.17, 15) is 9.59 Å². The molecule has 1 saturated heterocycles. The van der Waals surface area contributed by atoms with Crippen LogP contribution >= 0.6 is 0 Å². The molecule has 0 spiro atoms. The van der Waals surface area contributed by atoms with Gasteiger partial charge in [0.2, 0.25) is 5.91 Å². The number of fused-ring (bicyclic) bond motifs is 1. The van der Waals surface area contributed by atoms with Crippen LogP contribution in [0.4, 0.5) is 0 Å². The first-order chi connectivity index (χ1) is 16.6. The number of aromatic nitrogens is 3. The smallest absolute Gasteiger partial charge is 0.276 e. The summed E-state index contributed by atoms with van der Waals surface area (Å²) in [4.78, 5) is 29.5. The maximum Gasteiger partial charge on any atom is 0.276 e. The molecule has 3 heterocycles. The molecule has 2 aliphatic rings. The Balaban J connectivity index is 1.18. The van der Waals surface area contributed by atoms with Gasteiger partial charge in [0.1, 0.15) is 11.9 Å². The molecule has 2 aromatic carbocycles. The first-order valence-corrected chi connectivity index (χ1v) is 11.4. The molecule has 34 heavy (non-hydrogen) atoms. The van der Waals surface area contributed by atoms with Crippen molar-refractivity contribution in [1.82, 2.24) is 24.8 Å². The van der Waals surface area contributed by atoms with Gasteiger partial charge in [-0.05, 0) is 23.3 Å². The summed E-state index contributed by atoms with van der Waals surface area (Å²) in [5, 5.41) is 8.39. The summed E-state index contributed by atoms with van der Waals surface area (Å²) < 4.78 is 13.0. The number of carbonyl (C=O) groups excluding carboxylic acids is 2. The first-order valence-electron chi connectivity index (χ1n) is 11.4. The number of amides is 2. The summed E-state index contributed by atoms with van der Waals surface area (Å²) in [6.45, 7) is 2.71. The molecule has 176 valence electrons. The summed E-state index contributed by atoms with van der Waals surface area (Å²) in [6.07, 6.45) is 0.196. The zero-order valence-electron chi connectivity index (χ0n) is 19.1. The van der Waals surface area contributed by atoms with Gasteiger partial charge in [-0.15, -0.1) is 5.10 Å². The highest BCUT2D eigenvalue weighted by Crippen LogP contribution is 2.27. The lowest BCUT2D eigenvalue weighted by Gasteiger charge is -2.34. The molecule has 2 aliphatic heterocycles. The van der Waals surface area contributed by atoms with E-state index in [1.54, 1.807) is 21.6 Å². The van der Waals surface area contributed by atoms with Gasteiger partial charge in [-0.25, -0.2) is 4.68 Å². The van der Waals surface area contributed by atoms with Crippen molar-refractivity contribution >= 4 is 11.8 Å². The van der Waals surface area contributed by atoms with Crippen LogP contribution in [0, 0.1) is 0 Å². The number of carbonyl (C=O) groups is 2. The molecular formula is C25H27N5O4. The van der Waals surface area contributed by atoms with Gasteiger partial charge in [-0.1, -0.05) is 47.7 Å². The van der Waals surface area contributed by atoms with E-state index in [0.717, 1.165) is 16.9 Å². The predicted molar refractivity (Wildman–Crippen MR) is 123 cm³/mol. The van der Waals surface area contributed by atoms with E-state index in [1.807, 2.05) is 54.6 Å². The van der Waals surface area contributed by atoms with Crippen LogP contribution < -0.4 is 4.74 Å². The summed E-state index contributed by atoms with van der Waals surface area (Å²) in [5.74, 6) is 0.612. The van der Waals surface area contributed by atoms with Gasteiger partial charge in [-0.3, -0.25) is 9.59 Å². The molecule has 0 aliphatic carbocycles. The van der Waals surface area contributed by atoms with Crippen molar-refractivity contribution in [3.63, 3.8) is 0 Å². The SMILES string of the molecule is COc1cccc(CC(=O)N2CCN(C(=O)c3nnn4c3CO[C@@H](c3ccccc3)C4)CC2)c1. The van der Waals surface area contributed by atoms with Gasteiger partial charge < -0.3 is 19.3 Å². The van der Waals surface area contributed by atoms with Crippen LogP contribution in [-0.4, -0.2) is 69.9 Å². The largest absolute Gasteiger partial charge is 0.497 e. The van der Waals surface area contributed by atoms with E-state index in [4.69, 9.17) is 9.47 Å². The minimum atomic E-state index is -0.164. The second-order valence-electron chi connectivity index (χ2n) is 8.48. The first kappa shape index (κ1) is 22.1. The number of rotatable bonds is 5. The Bertz CT molecular complexity index is 1170. The van der Waals surface area contributed by atoms with Crippen LogP contribution in [0.15, 0.2) is 54.6 Å². The van der Waals surface area contributed by atoms with Crippen LogP contribution in [0.3, 0.4) is 0 Å². The molecule has 9 nitrogen and oxygen atoms in total. The van der Waals surface area contributed by atoms with E-state index in [0.29, 0.717) is 50.5 Å². The quantitative estimate of drug-likeness (QED) is 0.578. The standard InChI is InChI=1S/C25H27N5O4/c1-33-20-9-5-6-18(14-20)15-23(31)28-10-12-29(13-11-28)25(32)24-21-17-34-22(16-30(21)27-26-24)19-7-3-2-4-8-19/h2-9,14,22H,10-13,15-17H2,1H3/t22-/m1/s1. The van der Waals surface area contributed by atoms with Gasteiger partial charge in [0.25, 0.3) is 5.91 Å². The molecular weight excluding hydrogens is 434 g/mol. The van der Waals surface area contributed by atoms with Gasteiger partial charge in [-0.2, -0.15) is 0 Å². The average molecular weight is 462 g/mol. The lowest BCUT2D eigenvalue weighted by Crippen LogP contribution is -2.51. The van der Waals surface area contributed by atoms with Crippen LogP contribution in [-0.2, 0) is 29.1 Å². The molecule has 1 aromatic heterocycles. The Morgan fingerprint density at radius 1 is 1.03 bits per heavy atom. The number of ether oxygens (including phenoxy) is 2. The third kappa shape index (κ3) is 4.51. The maximum atomic E-state index is 13.2. The van der Waals surface area contributed by atoms with E-state index in [1.165, 1.54) is 0 Å². The number of hydrogen-bond acceptors (Lipinski definition) is 6. The molecule has 0 saturated carbocycles. The zero-order valence-corrected chi connectivity index (χ0v) is 19.1. The Labute approximate surface area is 197 Å². The summed E-state index contributed by atoms with van der Waals surface area (Å²) >= 11 is 0. The van der Waals surface area contributed by atoms with Crippen LogP contribution in [0.25, 0.3) is 0 Å². The summed E-state index contributed by atoms with van der Waals surface area (Å²) in [6, 6.07) is 17.5. The van der Waals surface area contributed by atoms with Crippen molar-refractivity contribution in [1.29, 1.82) is 0 Å². The number of piperazine rings is 1. The Kier molecular flexibility index (Phi) is 6.27. The fourth-order valence-electron chi connectivity index (χ4n) is 4.42. The topological polar surface area (TPSA) is 89.8 Å². The van der Waals surface area contributed by atoms with E-state index in [2.05, 4.69) is 10.3 Å². The van der Waals surface area contributed by atoms with Gasteiger partial charge in [0.15, 0.2) is 5.69 Å². The third-order valence-corrected chi connectivity index (χ3v) is 6.38. The molecule has 5 rings (SSSR count). The lowest BCUT2D eigenvalue weighted by atomic mass is 10.1. The van der Waals surface area contributed by atoms with Gasteiger partial charge >= 0.3 is 0 Å². The highest BCUT2D eigenvalue weighted by atomic mass is 16.5. The molecule has 3 aromatic rings. The Morgan fingerprint density at radius 3 is 2.56 bits per heavy atom. The number of hydrogen-bond donors (Lipinski definition) is 0. The molecule has 2 amide bonds. The van der Waals surface area contributed by atoms with Gasteiger partial charge in [0, 0.05) is 26.2 Å². The van der Waals surface area contributed by atoms with E-state index >= 15 is 0 Å². The number of methoxy groups -OCH3 is 1. The molecule has 0 bridgehead atoms. The minimum absolute atomic E-state index is 0.0433. The van der Waals surface area contributed by atoms with E-state index < -0.39 is 0 Å². The second kappa shape index (κ2) is 9.64. The van der Waals surface area contributed by atoms with Crippen molar-refractivity contribution in [3.8, 4) is 5.75 Å². The fourth-order valence-corrected chi connectivity index (χ4v) is 4.42. The van der Waals surface area contributed by atoms with Gasteiger partial charge in [0.05, 0.1) is 32.4 Å². The Hall–Kier alpha value is -3.72. The maximum absolute atomic E-state index is 13.2. The van der Waals surface area contributed by atoms with Crippen LogP contribution in [0.1, 0.15) is 33.4 Å². The number of nitrogens with zero attached hydrogens (tertiary/aromatic N) is 5. The molecule has 1 atom stereocenters. The number of benzene rings is 2. The summed E-state index contributed by atoms with van der Waals surface area (Å²) in [7, 11) is 1.61. The van der Waals surface area contributed by atoms with Crippen molar-refractivity contribution in [2.75, 3.05) is 33.3 Å². The van der Waals surface area contributed by atoms with Crippen LogP contribution in [0.2, 0.25) is 0 Å². The lowest BCUT2D eigenvalue weighted by molar-refractivity contribution is -0.131. The van der Waals surface area contributed by atoms with E-state index in [-0.39, 0.29) is 24.5 Å². The zero-order chi connectivity index (χ0) is 23.5. The second-order valence-corrected chi connectivity index (χ2v) is 8.48. The highest BCUT2D eigenvalue weighted by Gasteiger charge is 2.32. The molecule has 9 heteroatoms. The van der Waals surface area contributed by atoms with Crippen molar-refractivity contribution in [2.45, 2.75) is 25.7 Å². The van der Waals surface area contributed by atoms with Crippen LogP contribution in [0.5, 0.6) is 5.75 Å².